The Labute approximate surface area is 79.4 Å². The molecule has 0 fully saturated rings. The lowest BCUT2D eigenvalue weighted by Gasteiger charge is -2.31. The van der Waals surface area contributed by atoms with Crippen molar-refractivity contribution >= 4 is 6.21 Å². The third kappa shape index (κ3) is 1.41. The number of nitrogens with zero attached hydrogens (tertiary/aromatic N) is 1. The summed E-state index contributed by atoms with van der Waals surface area (Å²) in [6.45, 7) is 6.75. The largest absolute Gasteiger partial charge is 0.302 e. The van der Waals surface area contributed by atoms with Crippen molar-refractivity contribution in [1.82, 2.24) is 5.43 Å². The molecule has 0 aromatic carbocycles. The van der Waals surface area contributed by atoms with Crippen LogP contribution in [0.4, 0.5) is 0 Å². The quantitative estimate of drug-likeness (QED) is 0.600. The molecule has 2 unspecified atom stereocenters. The number of rotatable bonds is 0. The molecule has 1 aliphatic heterocycles. The van der Waals surface area contributed by atoms with Crippen molar-refractivity contribution in [2.45, 2.75) is 26.8 Å². The van der Waals surface area contributed by atoms with Gasteiger partial charge in [0.1, 0.15) is 0 Å². The van der Waals surface area contributed by atoms with E-state index < -0.39 is 0 Å². The summed E-state index contributed by atoms with van der Waals surface area (Å²) in [6, 6.07) is 0.388. The van der Waals surface area contributed by atoms with Crippen LogP contribution in [0, 0.1) is 11.3 Å². The first-order chi connectivity index (χ1) is 6.09. The highest BCUT2D eigenvalue weighted by molar-refractivity contribution is 5.70. The number of hydrogen-bond acceptors (Lipinski definition) is 2. The zero-order valence-corrected chi connectivity index (χ0v) is 8.41. The summed E-state index contributed by atoms with van der Waals surface area (Å²) in [7, 11) is 0. The van der Waals surface area contributed by atoms with Crippen LogP contribution in [-0.4, -0.2) is 12.3 Å². The Bertz CT molecular complexity index is 292. The molecule has 0 bridgehead atoms. The maximum Gasteiger partial charge on any atom is 0.0739 e. The van der Waals surface area contributed by atoms with Gasteiger partial charge in [0, 0.05) is 12.1 Å². The third-order valence-corrected chi connectivity index (χ3v) is 2.67. The fraction of sp³-hybridized carbons (Fsp3) is 0.545. The van der Waals surface area contributed by atoms with Crippen molar-refractivity contribution in [2.75, 3.05) is 0 Å². The summed E-state index contributed by atoms with van der Waals surface area (Å²) < 4.78 is 0. The normalized spacial score (nSPS) is 31.2. The Kier molecular flexibility index (Phi) is 1.79. The minimum atomic E-state index is 0.242. The Balaban J connectivity index is 2.32. The first-order valence-corrected chi connectivity index (χ1v) is 4.76. The molecule has 0 amide bonds. The van der Waals surface area contributed by atoms with Crippen molar-refractivity contribution in [3.8, 4) is 0 Å². The van der Waals surface area contributed by atoms with Crippen LogP contribution in [0.2, 0.25) is 0 Å². The molecule has 0 aromatic rings. The average molecular weight is 176 g/mol. The molecule has 0 radical (unpaired) electrons. The highest BCUT2D eigenvalue weighted by Crippen LogP contribution is 2.35. The molecule has 0 aromatic heterocycles. The van der Waals surface area contributed by atoms with E-state index in [-0.39, 0.29) is 5.41 Å². The molecule has 2 nitrogen and oxygen atoms in total. The second-order valence-electron chi connectivity index (χ2n) is 4.72. The molecular formula is C11H16N2. The van der Waals surface area contributed by atoms with Gasteiger partial charge in [-0.15, -0.1) is 0 Å². The Morgan fingerprint density at radius 2 is 2.15 bits per heavy atom. The van der Waals surface area contributed by atoms with E-state index in [9.17, 15) is 0 Å². The van der Waals surface area contributed by atoms with Gasteiger partial charge in [0.25, 0.3) is 0 Å². The van der Waals surface area contributed by atoms with Crippen molar-refractivity contribution in [3.05, 3.63) is 23.8 Å². The number of fused-ring (bicyclic) bond motifs is 1. The topological polar surface area (TPSA) is 24.4 Å². The van der Waals surface area contributed by atoms with E-state index in [1.165, 1.54) is 5.57 Å². The SMILES string of the molecule is CC(C)(C)C1=CC=CC2NN=CC12. The zero-order chi connectivity index (χ0) is 9.47. The van der Waals surface area contributed by atoms with Crippen LogP contribution in [0.1, 0.15) is 20.8 Å². The molecule has 2 rings (SSSR count). The standard InChI is InChI=1S/C11H16N2/c1-11(2,3)9-5-4-6-10-8(9)7-12-13-10/h4-8,10,13H,1-3H3. The van der Waals surface area contributed by atoms with Gasteiger partial charge in [-0.3, -0.25) is 0 Å². The number of hydrazone groups is 1. The maximum absolute atomic E-state index is 4.12. The molecule has 1 N–H and O–H groups in total. The number of allylic oxidation sites excluding steroid dienone is 2. The minimum Gasteiger partial charge on any atom is -0.302 e. The second kappa shape index (κ2) is 2.72. The zero-order valence-electron chi connectivity index (χ0n) is 8.41. The van der Waals surface area contributed by atoms with E-state index in [2.05, 4.69) is 49.5 Å². The first kappa shape index (κ1) is 8.54. The fourth-order valence-electron chi connectivity index (χ4n) is 1.96. The highest BCUT2D eigenvalue weighted by atomic mass is 15.3. The van der Waals surface area contributed by atoms with Crippen LogP contribution in [0.5, 0.6) is 0 Å². The molecule has 13 heavy (non-hydrogen) atoms. The molecule has 2 heteroatoms. The molecule has 2 atom stereocenters. The number of nitrogens with one attached hydrogen (secondary N) is 1. The molecule has 0 saturated heterocycles. The average Bonchev–Trinajstić information content (AvgIpc) is 2.48. The molecule has 1 heterocycles. The second-order valence-corrected chi connectivity index (χ2v) is 4.72. The fourth-order valence-corrected chi connectivity index (χ4v) is 1.96. The van der Waals surface area contributed by atoms with Crippen LogP contribution in [-0.2, 0) is 0 Å². The molecular weight excluding hydrogens is 160 g/mol. The summed E-state index contributed by atoms with van der Waals surface area (Å²) in [6.07, 6.45) is 8.54. The van der Waals surface area contributed by atoms with Crippen LogP contribution in [0.15, 0.2) is 28.9 Å². The lowest BCUT2D eigenvalue weighted by atomic mass is 9.74. The maximum atomic E-state index is 4.12. The lowest BCUT2D eigenvalue weighted by molar-refractivity contribution is 0.438. The van der Waals surface area contributed by atoms with Crippen molar-refractivity contribution in [1.29, 1.82) is 0 Å². The van der Waals surface area contributed by atoms with Crippen LogP contribution >= 0.6 is 0 Å². The van der Waals surface area contributed by atoms with Gasteiger partial charge in [0.2, 0.25) is 0 Å². The van der Waals surface area contributed by atoms with Crippen molar-refractivity contribution < 1.29 is 0 Å². The predicted octanol–water partition coefficient (Wildman–Crippen LogP) is 2.10. The monoisotopic (exact) mass is 176 g/mol. The minimum absolute atomic E-state index is 0.242. The van der Waals surface area contributed by atoms with Gasteiger partial charge in [-0.25, -0.2) is 0 Å². The predicted molar refractivity (Wildman–Crippen MR) is 55.6 cm³/mol. The third-order valence-electron chi connectivity index (χ3n) is 2.67. The van der Waals surface area contributed by atoms with Gasteiger partial charge >= 0.3 is 0 Å². The molecule has 70 valence electrons. The van der Waals surface area contributed by atoms with E-state index in [4.69, 9.17) is 0 Å². The van der Waals surface area contributed by atoms with Gasteiger partial charge < -0.3 is 5.43 Å². The Hall–Kier alpha value is -1.05. The number of hydrogen-bond donors (Lipinski definition) is 1. The van der Waals surface area contributed by atoms with Crippen LogP contribution in [0.3, 0.4) is 0 Å². The highest BCUT2D eigenvalue weighted by Gasteiger charge is 2.32. The molecule has 2 aliphatic rings. The summed E-state index contributed by atoms with van der Waals surface area (Å²) in [5.41, 5.74) is 4.81. The van der Waals surface area contributed by atoms with Gasteiger partial charge in [-0.05, 0) is 5.41 Å². The lowest BCUT2D eigenvalue weighted by Crippen LogP contribution is -2.32. The van der Waals surface area contributed by atoms with E-state index >= 15 is 0 Å². The summed E-state index contributed by atoms with van der Waals surface area (Å²) in [5, 5.41) is 4.12. The molecule has 0 saturated carbocycles. The van der Waals surface area contributed by atoms with E-state index in [0.717, 1.165) is 0 Å². The molecule has 1 aliphatic carbocycles. The van der Waals surface area contributed by atoms with Crippen LogP contribution in [0.25, 0.3) is 0 Å². The van der Waals surface area contributed by atoms with Crippen molar-refractivity contribution in [2.24, 2.45) is 16.4 Å². The van der Waals surface area contributed by atoms with Crippen LogP contribution < -0.4 is 5.43 Å². The smallest absolute Gasteiger partial charge is 0.0739 e. The van der Waals surface area contributed by atoms with E-state index in [0.29, 0.717) is 12.0 Å². The van der Waals surface area contributed by atoms with E-state index in [1.54, 1.807) is 0 Å². The summed E-state index contributed by atoms with van der Waals surface area (Å²) in [4.78, 5) is 0. The molecule has 0 spiro atoms. The summed E-state index contributed by atoms with van der Waals surface area (Å²) >= 11 is 0. The van der Waals surface area contributed by atoms with Crippen molar-refractivity contribution in [3.63, 3.8) is 0 Å². The van der Waals surface area contributed by atoms with Gasteiger partial charge in [0.15, 0.2) is 0 Å². The van der Waals surface area contributed by atoms with Gasteiger partial charge in [0.05, 0.1) is 6.04 Å². The Morgan fingerprint density at radius 3 is 2.85 bits per heavy atom. The van der Waals surface area contributed by atoms with E-state index in [1.807, 2.05) is 6.21 Å². The van der Waals surface area contributed by atoms with Gasteiger partial charge in [-0.1, -0.05) is 44.6 Å². The summed E-state index contributed by atoms with van der Waals surface area (Å²) in [5.74, 6) is 0.463. The van der Waals surface area contributed by atoms with Gasteiger partial charge in [-0.2, -0.15) is 5.10 Å². The Morgan fingerprint density at radius 1 is 1.38 bits per heavy atom. The first-order valence-electron chi connectivity index (χ1n) is 4.76.